The number of anilines is 1. The Balaban J connectivity index is 1.77. The third kappa shape index (κ3) is 2.05. The average molecular weight is 275 g/mol. The van der Waals surface area contributed by atoms with Crippen molar-refractivity contribution in [3.63, 3.8) is 0 Å². The van der Waals surface area contributed by atoms with Gasteiger partial charge in [0.05, 0.1) is 11.5 Å². The van der Waals surface area contributed by atoms with Crippen molar-refractivity contribution in [2.45, 2.75) is 45.2 Å². The SMILES string of the molecule is Cc1sc(NC(=O)C2CC3CCC2N3)c(C#N)c1C. The second-order valence-corrected chi connectivity index (χ2v) is 6.70. The highest BCUT2D eigenvalue weighted by Crippen LogP contribution is 2.36. The van der Waals surface area contributed by atoms with Gasteiger partial charge in [-0.1, -0.05) is 0 Å². The van der Waals surface area contributed by atoms with Crippen LogP contribution in [0.3, 0.4) is 0 Å². The van der Waals surface area contributed by atoms with Gasteiger partial charge in [-0.25, -0.2) is 0 Å². The molecule has 5 heteroatoms. The fraction of sp³-hybridized carbons (Fsp3) is 0.571. The van der Waals surface area contributed by atoms with Crippen molar-refractivity contribution in [2.24, 2.45) is 5.92 Å². The molecule has 4 nitrogen and oxygen atoms in total. The van der Waals surface area contributed by atoms with Crippen molar-refractivity contribution in [1.29, 1.82) is 5.26 Å². The highest BCUT2D eigenvalue weighted by atomic mass is 32.1. The molecule has 0 saturated carbocycles. The van der Waals surface area contributed by atoms with Crippen molar-refractivity contribution < 1.29 is 4.79 Å². The summed E-state index contributed by atoms with van der Waals surface area (Å²) in [5.74, 6) is 0.130. The van der Waals surface area contributed by atoms with Crippen molar-refractivity contribution in [2.75, 3.05) is 5.32 Å². The van der Waals surface area contributed by atoms with Crippen LogP contribution in [0.25, 0.3) is 0 Å². The van der Waals surface area contributed by atoms with Gasteiger partial charge in [-0.15, -0.1) is 11.3 Å². The number of hydrogen-bond donors (Lipinski definition) is 2. The van der Waals surface area contributed by atoms with Gasteiger partial charge in [-0.05, 0) is 38.7 Å². The minimum Gasteiger partial charge on any atom is -0.316 e. The van der Waals surface area contributed by atoms with E-state index in [1.807, 2.05) is 13.8 Å². The van der Waals surface area contributed by atoms with Crippen molar-refractivity contribution in [1.82, 2.24) is 5.32 Å². The molecule has 0 radical (unpaired) electrons. The number of carbonyl (C=O) groups is 1. The molecule has 2 saturated heterocycles. The van der Waals surface area contributed by atoms with Crippen molar-refractivity contribution in [3.05, 3.63) is 16.0 Å². The molecule has 2 N–H and O–H groups in total. The topological polar surface area (TPSA) is 64.9 Å². The van der Waals surface area contributed by atoms with Crippen LogP contribution < -0.4 is 10.6 Å². The van der Waals surface area contributed by atoms with Gasteiger partial charge in [0.2, 0.25) is 5.91 Å². The molecular weight excluding hydrogens is 258 g/mol. The van der Waals surface area contributed by atoms with Gasteiger partial charge in [-0.2, -0.15) is 5.26 Å². The lowest BCUT2D eigenvalue weighted by Gasteiger charge is -2.18. The first-order valence-electron chi connectivity index (χ1n) is 6.67. The molecule has 2 bridgehead atoms. The molecule has 1 aromatic heterocycles. The number of fused-ring (bicyclic) bond motifs is 2. The van der Waals surface area contributed by atoms with Gasteiger partial charge in [0.1, 0.15) is 11.1 Å². The fourth-order valence-electron chi connectivity index (χ4n) is 3.17. The molecule has 0 aliphatic carbocycles. The van der Waals surface area contributed by atoms with E-state index < -0.39 is 0 Å². The van der Waals surface area contributed by atoms with E-state index in [0.29, 0.717) is 22.6 Å². The van der Waals surface area contributed by atoms with E-state index in [-0.39, 0.29) is 11.8 Å². The Kier molecular flexibility index (Phi) is 3.08. The summed E-state index contributed by atoms with van der Waals surface area (Å²) in [6.45, 7) is 3.91. The first kappa shape index (κ1) is 12.6. The van der Waals surface area contributed by atoms with Crippen LogP contribution in [0, 0.1) is 31.1 Å². The molecule has 3 rings (SSSR count). The lowest BCUT2D eigenvalue weighted by Crippen LogP contribution is -2.32. The monoisotopic (exact) mass is 275 g/mol. The Hall–Kier alpha value is -1.38. The quantitative estimate of drug-likeness (QED) is 0.870. The summed E-state index contributed by atoms with van der Waals surface area (Å²) in [6, 6.07) is 3.04. The number of nitrogens with one attached hydrogen (secondary N) is 2. The van der Waals surface area contributed by atoms with Crippen LogP contribution in [0.1, 0.15) is 35.3 Å². The van der Waals surface area contributed by atoms with Gasteiger partial charge in [0, 0.05) is 17.0 Å². The Morgan fingerprint density at radius 1 is 1.47 bits per heavy atom. The lowest BCUT2D eigenvalue weighted by molar-refractivity contribution is -0.120. The predicted molar refractivity (Wildman–Crippen MR) is 75.2 cm³/mol. The number of rotatable bonds is 2. The fourth-order valence-corrected chi connectivity index (χ4v) is 4.18. The van der Waals surface area contributed by atoms with Crippen LogP contribution in [0.2, 0.25) is 0 Å². The normalized spacial score (nSPS) is 28.4. The molecule has 1 amide bonds. The maximum atomic E-state index is 12.3. The summed E-state index contributed by atoms with van der Waals surface area (Å²) in [6.07, 6.45) is 3.22. The molecule has 100 valence electrons. The number of carbonyl (C=O) groups excluding carboxylic acids is 1. The van der Waals surface area contributed by atoms with Crippen molar-refractivity contribution >= 4 is 22.2 Å². The number of nitriles is 1. The summed E-state index contributed by atoms with van der Waals surface area (Å²) in [5, 5.41) is 16.3. The number of amides is 1. The summed E-state index contributed by atoms with van der Waals surface area (Å²) in [7, 11) is 0. The molecule has 3 unspecified atom stereocenters. The average Bonchev–Trinajstić information content (AvgIpc) is 3.06. The van der Waals surface area contributed by atoms with Gasteiger partial charge in [-0.3, -0.25) is 4.79 Å². The zero-order valence-corrected chi connectivity index (χ0v) is 11.9. The highest BCUT2D eigenvalue weighted by Gasteiger charge is 2.42. The van der Waals surface area contributed by atoms with E-state index >= 15 is 0 Å². The molecule has 0 spiro atoms. The Labute approximate surface area is 116 Å². The Morgan fingerprint density at radius 3 is 2.84 bits per heavy atom. The van der Waals surface area contributed by atoms with Crippen LogP contribution in [-0.4, -0.2) is 18.0 Å². The van der Waals surface area contributed by atoms with Crippen LogP contribution in [-0.2, 0) is 4.79 Å². The first-order chi connectivity index (χ1) is 9.10. The summed E-state index contributed by atoms with van der Waals surface area (Å²) in [4.78, 5) is 13.4. The second-order valence-electron chi connectivity index (χ2n) is 5.48. The Morgan fingerprint density at radius 2 is 2.26 bits per heavy atom. The third-order valence-electron chi connectivity index (χ3n) is 4.37. The van der Waals surface area contributed by atoms with Crippen molar-refractivity contribution in [3.8, 4) is 6.07 Å². The smallest absolute Gasteiger partial charge is 0.229 e. The maximum Gasteiger partial charge on any atom is 0.229 e. The lowest BCUT2D eigenvalue weighted by atomic mass is 9.88. The van der Waals surface area contributed by atoms with E-state index in [4.69, 9.17) is 0 Å². The van der Waals surface area contributed by atoms with Crippen LogP contribution in [0.15, 0.2) is 0 Å². The minimum atomic E-state index is 0.0630. The van der Waals surface area contributed by atoms with E-state index in [2.05, 4.69) is 16.7 Å². The summed E-state index contributed by atoms with van der Waals surface area (Å²) < 4.78 is 0. The number of hydrogen-bond acceptors (Lipinski definition) is 4. The zero-order valence-electron chi connectivity index (χ0n) is 11.1. The standard InChI is InChI=1S/C14H17N3OS/c1-7-8(2)19-14(11(7)6-15)17-13(18)10-5-9-3-4-12(10)16-9/h9-10,12,16H,3-5H2,1-2H3,(H,17,18). The second kappa shape index (κ2) is 4.62. The number of aryl methyl sites for hydroxylation is 1. The Bertz CT molecular complexity index is 572. The minimum absolute atomic E-state index is 0.0630. The molecule has 0 aromatic carbocycles. The molecule has 2 fully saturated rings. The van der Waals surface area contributed by atoms with E-state index in [1.165, 1.54) is 17.8 Å². The predicted octanol–water partition coefficient (Wildman–Crippen LogP) is 2.32. The number of nitrogens with zero attached hydrogens (tertiary/aromatic N) is 1. The molecule has 3 atom stereocenters. The zero-order chi connectivity index (χ0) is 13.6. The molecule has 19 heavy (non-hydrogen) atoms. The molecule has 2 aliphatic heterocycles. The first-order valence-corrected chi connectivity index (χ1v) is 7.48. The molecule has 3 heterocycles. The summed E-state index contributed by atoms with van der Waals surface area (Å²) >= 11 is 1.50. The summed E-state index contributed by atoms with van der Waals surface area (Å²) in [5.41, 5.74) is 1.60. The van der Waals surface area contributed by atoms with Crippen LogP contribution >= 0.6 is 11.3 Å². The van der Waals surface area contributed by atoms with E-state index in [9.17, 15) is 10.1 Å². The van der Waals surface area contributed by atoms with Crippen LogP contribution in [0.5, 0.6) is 0 Å². The number of thiophene rings is 1. The van der Waals surface area contributed by atoms with E-state index in [1.54, 1.807) is 0 Å². The van der Waals surface area contributed by atoms with Gasteiger partial charge >= 0.3 is 0 Å². The maximum absolute atomic E-state index is 12.3. The highest BCUT2D eigenvalue weighted by molar-refractivity contribution is 7.16. The molecular formula is C14H17N3OS. The van der Waals surface area contributed by atoms with Gasteiger partial charge < -0.3 is 10.6 Å². The molecule has 1 aromatic rings. The molecule has 2 aliphatic rings. The van der Waals surface area contributed by atoms with Crippen LogP contribution in [0.4, 0.5) is 5.00 Å². The largest absolute Gasteiger partial charge is 0.316 e. The van der Waals surface area contributed by atoms with Gasteiger partial charge in [0.25, 0.3) is 0 Å². The van der Waals surface area contributed by atoms with E-state index in [0.717, 1.165) is 23.3 Å². The third-order valence-corrected chi connectivity index (χ3v) is 5.49. The van der Waals surface area contributed by atoms with Gasteiger partial charge in [0.15, 0.2) is 0 Å².